The zero-order valence-electron chi connectivity index (χ0n) is 17.9. The number of piperidine rings is 1. The number of hydrogen-bond donors (Lipinski definition) is 0. The van der Waals surface area contributed by atoms with Crippen LogP contribution >= 0.6 is 0 Å². The molecule has 2 aliphatic rings. The molecule has 30 heavy (non-hydrogen) atoms. The van der Waals surface area contributed by atoms with E-state index in [4.69, 9.17) is 14.2 Å². The number of Topliss-reactive ketones (excluding diaryl/α,β-unsaturated/α-hetero) is 1. The van der Waals surface area contributed by atoms with Crippen LogP contribution < -0.4 is 14.2 Å². The Morgan fingerprint density at radius 3 is 2.40 bits per heavy atom. The van der Waals surface area contributed by atoms with Crippen molar-refractivity contribution in [3.63, 3.8) is 0 Å². The molecule has 0 radical (unpaired) electrons. The lowest BCUT2D eigenvalue weighted by molar-refractivity contribution is -0.00746. The normalized spacial score (nSPS) is 17.3. The first-order valence-corrected chi connectivity index (χ1v) is 10.2. The summed E-state index contributed by atoms with van der Waals surface area (Å²) in [5.41, 5.74) is 2.87. The van der Waals surface area contributed by atoms with Crippen LogP contribution in [0.15, 0.2) is 30.3 Å². The van der Waals surface area contributed by atoms with E-state index in [0.29, 0.717) is 60.7 Å². The fourth-order valence-corrected chi connectivity index (χ4v) is 4.31. The highest BCUT2D eigenvalue weighted by Crippen LogP contribution is 2.47. The molecule has 4 rings (SSSR count). The lowest BCUT2D eigenvalue weighted by Crippen LogP contribution is -2.52. The quantitative estimate of drug-likeness (QED) is 0.768. The van der Waals surface area contributed by atoms with Crippen LogP contribution in [-0.4, -0.2) is 49.5 Å². The van der Waals surface area contributed by atoms with Crippen LogP contribution in [-0.2, 0) is 0 Å². The van der Waals surface area contributed by atoms with Crippen molar-refractivity contribution in [1.82, 2.24) is 4.90 Å². The van der Waals surface area contributed by atoms with Crippen LogP contribution in [0.5, 0.6) is 17.2 Å². The Bertz CT molecular complexity index is 1000. The van der Waals surface area contributed by atoms with Crippen LogP contribution in [0.25, 0.3) is 0 Å². The Morgan fingerprint density at radius 2 is 1.77 bits per heavy atom. The van der Waals surface area contributed by atoms with Gasteiger partial charge in [0.1, 0.15) is 5.60 Å². The molecule has 1 spiro atoms. The van der Waals surface area contributed by atoms with Crippen LogP contribution in [0.1, 0.15) is 51.1 Å². The summed E-state index contributed by atoms with van der Waals surface area (Å²) in [5, 5.41) is 0. The lowest BCUT2D eigenvalue weighted by Gasteiger charge is -2.44. The van der Waals surface area contributed by atoms with E-state index in [1.165, 1.54) is 12.7 Å². The van der Waals surface area contributed by atoms with Crippen molar-refractivity contribution in [3.05, 3.63) is 52.6 Å². The highest BCUT2D eigenvalue weighted by molar-refractivity contribution is 6.01. The number of aryl methyl sites for hydroxylation is 2. The Labute approximate surface area is 176 Å². The molecule has 6 nitrogen and oxygen atoms in total. The monoisotopic (exact) mass is 409 g/mol. The van der Waals surface area contributed by atoms with Gasteiger partial charge in [-0.1, -0.05) is 6.07 Å². The van der Waals surface area contributed by atoms with E-state index in [1.807, 2.05) is 36.9 Å². The smallest absolute Gasteiger partial charge is 0.253 e. The molecule has 2 aromatic rings. The molecular weight excluding hydrogens is 382 g/mol. The van der Waals surface area contributed by atoms with E-state index in [1.54, 1.807) is 19.2 Å². The third-order valence-corrected chi connectivity index (χ3v) is 6.32. The zero-order valence-corrected chi connectivity index (χ0v) is 17.9. The predicted octanol–water partition coefficient (Wildman–Crippen LogP) is 3.96. The van der Waals surface area contributed by atoms with Crippen molar-refractivity contribution < 1.29 is 23.8 Å². The number of amides is 1. The molecule has 0 aromatic heterocycles. The maximum atomic E-state index is 13.0. The van der Waals surface area contributed by atoms with Gasteiger partial charge in [0, 0.05) is 31.5 Å². The highest BCUT2D eigenvalue weighted by atomic mass is 16.5. The van der Waals surface area contributed by atoms with Gasteiger partial charge in [-0.3, -0.25) is 9.59 Å². The average Bonchev–Trinajstić information content (AvgIpc) is 2.74. The summed E-state index contributed by atoms with van der Waals surface area (Å²) in [6, 6.07) is 9.25. The molecule has 0 N–H and O–H groups in total. The summed E-state index contributed by atoms with van der Waals surface area (Å²) in [6.07, 6.45) is 1.49. The molecule has 2 heterocycles. The molecule has 0 saturated carbocycles. The number of carbonyl (C=O) groups is 2. The topological polar surface area (TPSA) is 65.1 Å². The summed E-state index contributed by atoms with van der Waals surface area (Å²) in [4.78, 5) is 27.7. The van der Waals surface area contributed by atoms with Gasteiger partial charge in [-0.05, 0) is 49.2 Å². The number of methoxy groups -OCH3 is 2. The predicted molar refractivity (Wildman–Crippen MR) is 113 cm³/mol. The second-order valence-corrected chi connectivity index (χ2v) is 8.15. The number of ketones is 1. The van der Waals surface area contributed by atoms with Gasteiger partial charge in [0.25, 0.3) is 5.91 Å². The van der Waals surface area contributed by atoms with E-state index >= 15 is 0 Å². The largest absolute Gasteiger partial charge is 0.493 e. The summed E-state index contributed by atoms with van der Waals surface area (Å²) in [7, 11) is 3.10. The summed E-state index contributed by atoms with van der Waals surface area (Å²) >= 11 is 0. The summed E-state index contributed by atoms with van der Waals surface area (Å²) in [5.74, 6) is 1.47. The second-order valence-electron chi connectivity index (χ2n) is 8.15. The Balaban J connectivity index is 1.54. The number of nitrogens with zero attached hydrogens (tertiary/aromatic N) is 1. The molecule has 0 bridgehead atoms. The molecule has 0 aliphatic carbocycles. The lowest BCUT2D eigenvalue weighted by atomic mass is 9.82. The molecule has 158 valence electrons. The molecule has 6 heteroatoms. The van der Waals surface area contributed by atoms with Crippen molar-refractivity contribution in [2.45, 2.75) is 38.7 Å². The van der Waals surface area contributed by atoms with Gasteiger partial charge in [-0.25, -0.2) is 0 Å². The van der Waals surface area contributed by atoms with Gasteiger partial charge in [-0.2, -0.15) is 0 Å². The van der Waals surface area contributed by atoms with E-state index in [9.17, 15) is 9.59 Å². The summed E-state index contributed by atoms with van der Waals surface area (Å²) in [6.45, 7) is 5.13. The van der Waals surface area contributed by atoms with Crippen LogP contribution in [0.2, 0.25) is 0 Å². The van der Waals surface area contributed by atoms with Crippen molar-refractivity contribution in [1.29, 1.82) is 0 Å². The van der Waals surface area contributed by atoms with E-state index < -0.39 is 5.60 Å². The van der Waals surface area contributed by atoms with E-state index in [0.717, 1.165) is 5.56 Å². The van der Waals surface area contributed by atoms with E-state index in [2.05, 4.69) is 0 Å². The fraction of sp³-hybridized carbons (Fsp3) is 0.417. The van der Waals surface area contributed by atoms with Crippen molar-refractivity contribution in [2.24, 2.45) is 0 Å². The van der Waals surface area contributed by atoms with Gasteiger partial charge >= 0.3 is 0 Å². The van der Waals surface area contributed by atoms with Crippen molar-refractivity contribution in [2.75, 3.05) is 27.3 Å². The molecule has 1 fully saturated rings. The minimum absolute atomic E-state index is 0.0229. The second kappa shape index (κ2) is 7.67. The number of fused-ring (bicyclic) bond motifs is 1. The van der Waals surface area contributed by atoms with Crippen molar-refractivity contribution >= 4 is 11.7 Å². The Hall–Kier alpha value is -3.02. The number of carbonyl (C=O) groups excluding carboxylic acids is 2. The molecule has 0 atom stereocenters. The van der Waals surface area contributed by atoms with Gasteiger partial charge in [0.15, 0.2) is 17.3 Å². The molecular formula is C24H27NO5. The average molecular weight is 409 g/mol. The van der Waals surface area contributed by atoms with Crippen LogP contribution in [0.4, 0.5) is 0 Å². The maximum Gasteiger partial charge on any atom is 0.253 e. The number of likely N-dealkylation sites (tertiary alicyclic amines) is 1. The first-order chi connectivity index (χ1) is 14.4. The number of hydrogen-bond acceptors (Lipinski definition) is 5. The SMILES string of the molecule is COc1ccc2c(c1OC)OC1(CCN(C(=O)c3ccc(C)c(C)c3)CC1)CC2=O. The van der Waals surface area contributed by atoms with E-state index in [-0.39, 0.29) is 11.7 Å². The van der Waals surface area contributed by atoms with Crippen LogP contribution in [0, 0.1) is 13.8 Å². The molecule has 2 aliphatic heterocycles. The van der Waals surface area contributed by atoms with Gasteiger partial charge in [-0.15, -0.1) is 0 Å². The third-order valence-electron chi connectivity index (χ3n) is 6.32. The number of ether oxygens (including phenoxy) is 3. The number of benzene rings is 2. The molecule has 1 amide bonds. The number of rotatable bonds is 3. The Morgan fingerprint density at radius 1 is 1.03 bits per heavy atom. The third kappa shape index (κ3) is 3.40. The first-order valence-electron chi connectivity index (χ1n) is 10.2. The minimum Gasteiger partial charge on any atom is -0.493 e. The molecule has 0 unspecified atom stereocenters. The van der Waals surface area contributed by atoms with Crippen LogP contribution in [0.3, 0.4) is 0 Å². The maximum absolute atomic E-state index is 13.0. The first kappa shape index (κ1) is 20.3. The highest BCUT2D eigenvalue weighted by Gasteiger charge is 2.45. The van der Waals surface area contributed by atoms with Crippen molar-refractivity contribution in [3.8, 4) is 17.2 Å². The zero-order chi connectivity index (χ0) is 21.5. The fourth-order valence-electron chi connectivity index (χ4n) is 4.31. The molecule has 2 aromatic carbocycles. The standard InChI is InChI=1S/C24H27NO5/c1-15-5-6-17(13-16(15)2)23(27)25-11-9-24(10-12-25)14-19(26)18-7-8-20(28-3)22(29-4)21(18)30-24/h5-8,13H,9-12,14H2,1-4H3. The van der Waals surface area contributed by atoms with Gasteiger partial charge in [0.2, 0.25) is 5.75 Å². The minimum atomic E-state index is -0.621. The summed E-state index contributed by atoms with van der Waals surface area (Å²) < 4.78 is 17.2. The Kier molecular flexibility index (Phi) is 5.18. The van der Waals surface area contributed by atoms with Gasteiger partial charge < -0.3 is 19.1 Å². The molecule has 1 saturated heterocycles. The van der Waals surface area contributed by atoms with Gasteiger partial charge in [0.05, 0.1) is 26.2 Å².